The monoisotopic (exact) mass is 272 g/mol. The fourth-order valence-corrected chi connectivity index (χ4v) is 1.87. The molecule has 2 aliphatic heterocycles. The molecular weight excluding hydrogens is 260 g/mol. The van der Waals surface area contributed by atoms with Gasteiger partial charge in [-0.15, -0.1) is 0 Å². The molecule has 0 radical (unpaired) electrons. The topological polar surface area (TPSA) is 92.4 Å². The molecule has 0 atom stereocenters. The minimum atomic E-state index is -0.833. The third-order valence-corrected chi connectivity index (χ3v) is 2.52. The van der Waals surface area contributed by atoms with Gasteiger partial charge in [-0.05, 0) is 6.07 Å². The summed E-state index contributed by atoms with van der Waals surface area (Å²) >= 11 is 0. The zero-order valence-corrected chi connectivity index (χ0v) is 10.7. The number of hydrogen-bond acceptors (Lipinski definition) is 4. The summed E-state index contributed by atoms with van der Waals surface area (Å²) < 4.78 is 5.12. The molecule has 2 N–H and O–H groups in total. The van der Waals surface area contributed by atoms with Gasteiger partial charge >= 0.3 is 0 Å². The van der Waals surface area contributed by atoms with Gasteiger partial charge in [0.15, 0.2) is 0 Å². The number of hydrogen-bond donors (Lipinski definition) is 2. The Labute approximate surface area is 114 Å². The zero-order chi connectivity index (χ0) is 14.5. The molecule has 0 fully saturated rings. The minimum absolute atomic E-state index is 0.631. The first-order valence-electron chi connectivity index (χ1n) is 5.78. The van der Waals surface area contributed by atoms with Crippen LogP contribution in [-0.2, 0) is 9.59 Å². The van der Waals surface area contributed by atoms with Crippen LogP contribution >= 0.6 is 0 Å². The number of nitrogens with zero attached hydrogens (tertiary/aromatic N) is 1. The Hall–Kier alpha value is -2.89. The maximum atomic E-state index is 10.5. The number of carboxylic acids is 1. The van der Waals surface area contributed by atoms with Crippen molar-refractivity contribution < 1.29 is 19.1 Å². The number of aromatic nitrogens is 1. The normalized spacial score (nSPS) is 9.85. The molecule has 1 aromatic carbocycles. The number of carbonyl (C=O) groups excluding carboxylic acids is 1. The SMILES string of the molecule is CC(=O)O.O=CNc1cocc2nc3ccccc3c1-2. The van der Waals surface area contributed by atoms with Crippen LogP contribution in [0.5, 0.6) is 0 Å². The van der Waals surface area contributed by atoms with Gasteiger partial charge in [0.2, 0.25) is 6.41 Å². The molecule has 0 saturated heterocycles. The highest BCUT2D eigenvalue weighted by atomic mass is 16.4. The molecule has 0 aliphatic carbocycles. The highest BCUT2D eigenvalue weighted by Crippen LogP contribution is 2.36. The third-order valence-electron chi connectivity index (χ3n) is 2.52. The predicted octanol–water partition coefficient (Wildman–Crippen LogP) is 2.59. The Morgan fingerprint density at radius 1 is 1.35 bits per heavy atom. The number of para-hydroxylation sites is 1. The number of carbonyl (C=O) groups is 2. The van der Waals surface area contributed by atoms with Crippen molar-refractivity contribution in [1.29, 1.82) is 0 Å². The molecule has 3 rings (SSSR count). The van der Waals surface area contributed by atoms with Gasteiger partial charge in [-0.1, -0.05) is 18.2 Å². The molecule has 20 heavy (non-hydrogen) atoms. The second-order valence-corrected chi connectivity index (χ2v) is 3.96. The number of anilines is 1. The van der Waals surface area contributed by atoms with Crippen LogP contribution in [0, 0.1) is 0 Å². The molecule has 0 aromatic heterocycles. The summed E-state index contributed by atoms with van der Waals surface area (Å²) in [6.45, 7) is 1.08. The standard InChI is InChI=1S/C12H8N2O2.C2H4O2/c15-7-13-10-5-16-6-11-12(10)8-3-1-2-4-9(8)14-11;1-2(3)4/h1-7H,(H,13,15);1H3,(H,3,4). The van der Waals surface area contributed by atoms with Crippen LogP contribution < -0.4 is 5.32 Å². The minimum Gasteiger partial charge on any atom is -0.481 e. The van der Waals surface area contributed by atoms with Crippen molar-refractivity contribution in [3.63, 3.8) is 0 Å². The Bertz CT molecular complexity index is 716. The van der Waals surface area contributed by atoms with Crippen LogP contribution in [0.1, 0.15) is 6.92 Å². The molecule has 2 aliphatic rings. The Morgan fingerprint density at radius 2 is 2.05 bits per heavy atom. The van der Waals surface area contributed by atoms with E-state index in [1.165, 1.54) is 6.26 Å². The lowest BCUT2D eigenvalue weighted by molar-refractivity contribution is -0.134. The second-order valence-electron chi connectivity index (χ2n) is 3.96. The quantitative estimate of drug-likeness (QED) is 0.699. The van der Waals surface area contributed by atoms with Gasteiger partial charge in [0, 0.05) is 17.9 Å². The maximum absolute atomic E-state index is 10.5. The smallest absolute Gasteiger partial charge is 0.300 e. The average molecular weight is 272 g/mol. The van der Waals surface area contributed by atoms with Crippen LogP contribution in [0.3, 0.4) is 0 Å². The van der Waals surface area contributed by atoms with Crippen molar-refractivity contribution in [2.45, 2.75) is 6.92 Å². The van der Waals surface area contributed by atoms with Crippen molar-refractivity contribution in [2.24, 2.45) is 0 Å². The highest BCUT2D eigenvalue weighted by Gasteiger charge is 2.16. The van der Waals surface area contributed by atoms with Gasteiger partial charge in [0.1, 0.15) is 18.2 Å². The number of nitrogens with one attached hydrogen (secondary N) is 1. The zero-order valence-electron chi connectivity index (χ0n) is 10.7. The molecular formula is C14H12N2O4. The molecule has 0 saturated carbocycles. The molecule has 0 unspecified atom stereocenters. The van der Waals surface area contributed by atoms with E-state index in [-0.39, 0.29) is 0 Å². The van der Waals surface area contributed by atoms with Crippen LogP contribution in [0.4, 0.5) is 5.69 Å². The van der Waals surface area contributed by atoms with Crippen molar-refractivity contribution in [1.82, 2.24) is 4.98 Å². The summed E-state index contributed by atoms with van der Waals surface area (Å²) in [7, 11) is 0. The average Bonchev–Trinajstić information content (AvgIpc) is 2.77. The molecule has 6 heteroatoms. The van der Waals surface area contributed by atoms with Crippen LogP contribution in [0.25, 0.3) is 22.2 Å². The lowest BCUT2D eigenvalue weighted by Crippen LogP contribution is -1.95. The van der Waals surface area contributed by atoms with E-state index in [0.29, 0.717) is 12.1 Å². The Kier molecular flexibility index (Phi) is 3.95. The van der Waals surface area contributed by atoms with Crippen LogP contribution in [-0.4, -0.2) is 22.5 Å². The summed E-state index contributed by atoms with van der Waals surface area (Å²) in [5, 5.41) is 11.0. The van der Waals surface area contributed by atoms with Gasteiger partial charge in [0.05, 0.1) is 11.2 Å². The maximum Gasteiger partial charge on any atom is 0.300 e. The number of amides is 1. The van der Waals surface area contributed by atoms with Crippen LogP contribution in [0.15, 0.2) is 41.2 Å². The predicted molar refractivity (Wildman–Crippen MR) is 73.6 cm³/mol. The molecule has 1 aromatic rings. The molecule has 0 bridgehead atoms. The fourth-order valence-electron chi connectivity index (χ4n) is 1.87. The van der Waals surface area contributed by atoms with E-state index in [0.717, 1.165) is 29.1 Å². The van der Waals surface area contributed by atoms with Gasteiger partial charge in [0.25, 0.3) is 5.97 Å². The van der Waals surface area contributed by atoms with Gasteiger partial charge in [-0.25, -0.2) is 4.98 Å². The largest absolute Gasteiger partial charge is 0.481 e. The lowest BCUT2D eigenvalue weighted by Gasteiger charge is -2.04. The van der Waals surface area contributed by atoms with E-state index in [2.05, 4.69) is 10.3 Å². The van der Waals surface area contributed by atoms with E-state index in [1.54, 1.807) is 6.26 Å². The summed E-state index contributed by atoms with van der Waals surface area (Å²) in [5.41, 5.74) is 3.19. The van der Waals surface area contributed by atoms with Crippen LogP contribution in [0.2, 0.25) is 0 Å². The van der Waals surface area contributed by atoms with E-state index in [4.69, 9.17) is 14.3 Å². The van der Waals surface area contributed by atoms with Gasteiger partial charge in [-0.2, -0.15) is 0 Å². The summed E-state index contributed by atoms with van der Waals surface area (Å²) in [6, 6.07) is 7.77. The van der Waals surface area contributed by atoms with Crippen molar-refractivity contribution in [2.75, 3.05) is 5.32 Å². The van der Waals surface area contributed by atoms with Gasteiger partial charge < -0.3 is 14.8 Å². The second kappa shape index (κ2) is 5.83. The van der Waals surface area contributed by atoms with Crippen molar-refractivity contribution >= 4 is 29.0 Å². The van der Waals surface area contributed by atoms with Gasteiger partial charge in [-0.3, -0.25) is 9.59 Å². The molecule has 0 spiro atoms. The fraction of sp³-hybridized carbons (Fsp3) is 0.0714. The van der Waals surface area contributed by atoms with E-state index in [1.807, 2.05) is 24.3 Å². The number of rotatable bonds is 2. The molecule has 2 heterocycles. The number of benzene rings is 1. The molecule has 1 amide bonds. The first-order valence-corrected chi connectivity index (χ1v) is 5.78. The van der Waals surface area contributed by atoms with E-state index < -0.39 is 5.97 Å². The number of fused-ring (bicyclic) bond motifs is 3. The Morgan fingerprint density at radius 3 is 2.75 bits per heavy atom. The van der Waals surface area contributed by atoms with Crippen molar-refractivity contribution in [3.05, 3.63) is 36.8 Å². The van der Waals surface area contributed by atoms with Crippen molar-refractivity contribution in [3.8, 4) is 11.3 Å². The third kappa shape index (κ3) is 2.74. The summed E-state index contributed by atoms with van der Waals surface area (Å²) in [6.07, 6.45) is 3.71. The highest BCUT2D eigenvalue weighted by molar-refractivity contribution is 6.03. The Balaban J connectivity index is 0.000000328. The van der Waals surface area contributed by atoms with E-state index >= 15 is 0 Å². The van der Waals surface area contributed by atoms with E-state index in [9.17, 15) is 4.79 Å². The molecule has 102 valence electrons. The number of aliphatic carboxylic acids is 1. The molecule has 6 nitrogen and oxygen atoms in total. The lowest BCUT2D eigenvalue weighted by atomic mass is 10.1. The first-order chi connectivity index (χ1) is 9.63. The summed E-state index contributed by atoms with van der Waals surface area (Å²) in [5.74, 6) is -0.833. The first kappa shape index (κ1) is 13.5. The summed E-state index contributed by atoms with van der Waals surface area (Å²) in [4.78, 5) is 23.9. The number of carboxylic acid groups (broad SMARTS) is 1.